The second-order valence-corrected chi connectivity index (χ2v) is 11.3. The van der Waals surface area contributed by atoms with E-state index < -0.39 is 10.0 Å². The predicted octanol–water partition coefficient (Wildman–Crippen LogP) is 3.45. The van der Waals surface area contributed by atoms with Crippen LogP contribution in [0, 0.1) is 12.8 Å². The molecule has 2 saturated heterocycles. The molecule has 0 radical (unpaired) electrons. The number of hydrogen-bond acceptors (Lipinski definition) is 6. The molecule has 8 heteroatoms. The van der Waals surface area contributed by atoms with Gasteiger partial charge in [-0.15, -0.1) is 0 Å². The smallest absolute Gasteiger partial charge is 0.243 e. The monoisotopic (exact) mass is 445 g/mol. The fraction of sp³-hybridized carbons (Fsp3) is 0.652. The Kier molecular flexibility index (Phi) is 5.65. The number of aryl methyl sites for hydroxylation is 3. The molecule has 1 atom stereocenters. The lowest BCUT2D eigenvalue weighted by atomic mass is 9.78. The standard InChI is InChI=1S/C23H31N3O4S/c1-17-24-22(25-30-17)14-18-8-13-29-23(16-18)9-11-26(12-10-23)31(27,28)21-7-6-19-4-2-3-5-20(19)15-21/h6-7,15,18H,2-5,8-14,16H2,1H3. The first-order valence-electron chi connectivity index (χ1n) is 11.5. The average molecular weight is 446 g/mol. The summed E-state index contributed by atoms with van der Waals surface area (Å²) in [6.07, 6.45) is 8.54. The van der Waals surface area contributed by atoms with E-state index in [4.69, 9.17) is 9.26 Å². The molecule has 0 N–H and O–H groups in total. The summed E-state index contributed by atoms with van der Waals surface area (Å²) in [5, 5.41) is 4.04. The van der Waals surface area contributed by atoms with E-state index in [0.29, 0.717) is 36.4 Å². The van der Waals surface area contributed by atoms with Crippen LogP contribution in [0.3, 0.4) is 0 Å². The van der Waals surface area contributed by atoms with E-state index in [0.717, 1.165) is 57.2 Å². The van der Waals surface area contributed by atoms with Crippen molar-refractivity contribution in [2.75, 3.05) is 19.7 Å². The highest BCUT2D eigenvalue weighted by molar-refractivity contribution is 7.89. The largest absolute Gasteiger partial charge is 0.375 e. The van der Waals surface area contributed by atoms with Gasteiger partial charge >= 0.3 is 0 Å². The van der Waals surface area contributed by atoms with Crippen LogP contribution in [-0.4, -0.2) is 48.2 Å². The Bertz CT molecular complexity index is 1040. The average Bonchev–Trinajstić information content (AvgIpc) is 3.18. The van der Waals surface area contributed by atoms with Gasteiger partial charge in [0.2, 0.25) is 15.9 Å². The van der Waals surface area contributed by atoms with E-state index in [1.807, 2.05) is 12.1 Å². The number of ether oxygens (including phenoxy) is 1. The van der Waals surface area contributed by atoms with Gasteiger partial charge in [0, 0.05) is 33.0 Å². The van der Waals surface area contributed by atoms with Gasteiger partial charge in [-0.05, 0) is 80.5 Å². The number of benzene rings is 1. The number of aromatic nitrogens is 2. The molecule has 1 aliphatic carbocycles. The predicted molar refractivity (Wildman–Crippen MR) is 115 cm³/mol. The maximum atomic E-state index is 13.3. The molecule has 7 nitrogen and oxygen atoms in total. The van der Waals surface area contributed by atoms with Gasteiger partial charge in [0.25, 0.3) is 0 Å². The lowest BCUT2D eigenvalue weighted by Crippen LogP contribution is -2.50. The third kappa shape index (κ3) is 4.30. The van der Waals surface area contributed by atoms with Crippen LogP contribution in [0.25, 0.3) is 0 Å². The number of piperidine rings is 1. The molecule has 0 amide bonds. The third-order valence-electron chi connectivity index (χ3n) is 7.23. The summed E-state index contributed by atoms with van der Waals surface area (Å²) in [7, 11) is -3.46. The second-order valence-electron chi connectivity index (χ2n) is 9.37. The Labute approximate surface area is 184 Å². The van der Waals surface area contributed by atoms with Crippen molar-refractivity contribution in [2.24, 2.45) is 5.92 Å². The third-order valence-corrected chi connectivity index (χ3v) is 9.12. The first-order chi connectivity index (χ1) is 14.9. The molecule has 3 heterocycles. The van der Waals surface area contributed by atoms with E-state index in [9.17, 15) is 8.42 Å². The minimum absolute atomic E-state index is 0.233. The van der Waals surface area contributed by atoms with Crippen molar-refractivity contribution in [3.8, 4) is 0 Å². The first-order valence-corrected chi connectivity index (χ1v) is 12.9. The van der Waals surface area contributed by atoms with E-state index in [2.05, 4.69) is 10.1 Å². The zero-order valence-electron chi connectivity index (χ0n) is 18.2. The van der Waals surface area contributed by atoms with Crippen molar-refractivity contribution in [3.05, 3.63) is 41.0 Å². The van der Waals surface area contributed by atoms with Crippen LogP contribution < -0.4 is 0 Å². The zero-order chi connectivity index (χ0) is 21.5. The van der Waals surface area contributed by atoms with Gasteiger partial charge in [0.1, 0.15) is 0 Å². The molecule has 0 saturated carbocycles. The lowest BCUT2D eigenvalue weighted by Gasteiger charge is -2.45. The minimum Gasteiger partial charge on any atom is -0.375 e. The van der Waals surface area contributed by atoms with Crippen molar-refractivity contribution in [2.45, 2.75) is 75.2 Å². The Balaban J connectivity index is 1.25. The van der Waals surface area contributed by atoms with Crippen molar-refractivity contribution in [1.29, 1.82) is 0 Å². The van der Waals surface area contributed by atoms with Crippen LogP contribution in [0.1, 0.15) is 61.4 Å². The normalized spacial score (nSPS) is 24.2. The molecule has 0 bridgehead atoms. The number of fused-ring (bicyclic) bond motifs is 1. The summed E-state index contributed by atoms with van der Waals surface area (Å²) in [6, 6.07) is 5.72. The lowest BCUT2D eigenvalue weighted by molar-refractivity contribution is -0.120. The Morgan fingerprint density at radius 2 is 1.94 bits per heavy atom. The molecular weight excluding hydrogens is 414 g/mol. The minimum atomic E-state index is -3.46. The highest BCUT2D eigenvalue weighted by atomic mass is 32.2. The molecule has 3 aliphatic rings. The molecule has 1 spiro atoms. The topological polar surface area (TPSA) is 85.5 Å². The van der Waals surface area contributed by atoms with Crippen molar-refractivity contribution in [1.82, 2.24) is 14.4 Å². The van der Waals surface area contributed by atoms with E-state index >= 15 is 0 Å². The number of sulfonamides is 1. The van der Waals surface area contributed by atoms with Crippen LogP contribution in [0.15, 0.2) is 27.6 Å². The van der Waals surface area contributed by atoms with Crippen LogP contribution in [0.5, 0.6) is 0 Å². The van der Waals surface area contributed by atoms with E-state index in [1.54, 1.807) is 17.3 Å². The number of rotatable bonds is 4. The molecular formula is C23H31N3O4S. The van der Waals surface area contributed by atoms with Gasteiger partial charge in [0.05, 0.1) is 10.5 Å². The molecule has 1 aromatic heterocycles. The Hall–Kier alpha value is -1.77. The van der Waals surface area contributed by atoms with Crippen molar-refractivity contribution >= 4 is 10.0 Å². The van der Waals surface area contributed by atoms with Gasteiger partial charge in [-0.2, -0.15) is 9.29 Å². The summed E-state index contributed by atoms with van der Waals surface area (Å²) >= 11 is 0. The van der Waals surface area contributed by atoms with Crippen molar-refractivity contribution in [3.63, 3.8) is 0 Å². The molecule has 31 heavy (non-hydrogen) atoms. The molecule has 168 valence electrons. The molecule has 2 aliphatic heterocycles. The fourth-order valence-corrected chi connectivity index (χ4v) is 6.98. The summed E-state index contributed by atoms with van der Waals surface area (Å²) in [5.74, 6) is 1.79. The molecule has 2 aromatic rings. The van der Waals surface area contributed by atoms with Crippen LogP contribution >= 0.6 is 0 Å². The summed E-state index contributed by atoms with van der Waals surface area (Å²) in [6.45, 7) is 3.53. The summed E-state index contributed by atoms with van der Waals surface area (Å²) < 4.78 is 39.6. The molecule has 2 fully saturated rings. The Morgan fingerprint density at radius 1 is 1.16 bits per heavy atom. The molecule has 5 rings (SSSR count). The SMILES string of the molecule is Cc1nc(CC2CCOC3(CCN(S(=O)(=O)c4ccc5c(c4)CCCC5)CC3)C2)no1. The van der Waals surface area contributed by atoms with Crippen molar-refractivity contribution < 1.29 is 17.7 Å². The number of hydrogen-bond donors (Lipinski definition) is 0. The maximum absolute atomic E-state index is 13.3. The van der Waals surface area contributed by atoms with Gasteiger partial charge in [-0.3, -0.25) is 0 Å². The van der Waals surface area contributed by atoms with Gasteiger partial charge < -0.3 is 9.26 Å². The van der Waals surface area contributed by atoms with Gasteiger partial charge in [-0.25, -0.2) is 8.42 Å². The highest BCUT2D eigenvalue weighted by Crippen LogP contribution is 2.40. The van der Waals surface area contributed by atoms with Gasteiger partial charge in [-0.1, -0.05) is 11.2 Å². The second kappa shape index (κ2) is 8.30. The van der Waals surface area contributed by atoms with E-state index in [1.165, 1.54) is 17.5 Å². The highest BCUT2D eigenvalue weighted by Gasteiger charge is 2.43. The maximum Gasteiger partial charge on any atom is 0.243 e. The van der Waals surface area contributed by atoms with Crippen LogP contribution in [0.2, 0.25) is 0 Å². The fourth-order valence-electron chi connectivity index (χ4n) is 5.49. The molecule has 1 unspecified atom stereocenters. The summed E-state index contributed by atoms with van der Waals surface area (Å²) in [5.41, 5.74) is 2.28. The van der Waals surface area contributed by atoms with Crippen LogP contribution in [0.4, 0.5) is 0 Å². The number of nitrogens with zero attached hydrogens (tertiary/aromatic N) is 3. The van der Waals surface area contributed by atoms with E-state index in [-0.39, 0.29) is 5.60 Å². The van der Waals surface area contributed by atoms with Gasteiger partial charge in [0.15, 0.2) is 5.82 Å². The Morgan fingerprint density at radius 3 is 2.68 bits per heavy atom. The van der Waals surface area contributed by atoms with Crippen LogP contribution in [-0.2, 0) is 34.0 Å². The first kappa shape index (κ1) is 21.1. The summed E-state index contributed by atoms with van der Waals surface area (Å²) in [4.78, 5) is 4.78. The molecule has 1 aromatic carbocycles. The zero-order valence-corrected chi connectivity index (χ0v) is 19.0. The quantitative estimate of drug-likeness (QED) is 0.717.